The molecule has 0 radical (unpaired) electrons. The number of aryl methyl sites for hydroxylation is 2. The summed E-state index contributed by atoms with van der Waals surface area (Å²) in [5.41, 5.74) is 3.93. The van der Waals surface area contributed by atoms with Gasteiger partial charge >= 0.3 is 5.97 Å². The molecule has 6 nitrogen and oxygen atoms in total. The van der Waals surface area contributed by atoms with Crippen molar-refractivity contribution in [1.29, 1.82) is 0 Å². The second-order valence-electron chi connectivity index (χ2n) is 7.79. The van der Waals surface area contributed by atoms with Crippen molar-refractivity contribution in [3.05, 3.63) is 65.0 Å². The molecule has 6 heteroatoms. The number of carbonyl (C=O) groups is 1. The van der Waals surface area contributed by atoms with E-state index in [0.717, 1.165) is 33.9 Å². The van der Waals surface area contributed by atoms with Crippen LogP contribution in [0.1, 0.15) is 48.8 Å². The smallest absolute Gasteiger partial charge is 0.305 e. The first-order valence-corrected chi connectivity index (χ1v) is 10.5. The van der Waals surface area contributed by atoms with Crippen molar-refractivity contribution in [3.8, 4) is 23.0 Å². The number of esters is 1. The zero-order chi connectivity index (χ0) is 22.4. The van der Waals surface area contributed by atoms with E-state index in [1.54, 1.807) is 24.3 Å². The number of nitrogens with zero attached hydrogens (tertiary/aromatic N) is 1. The molecule has 3 aromatic rings. The van der Waals surface area contributed by atoms with E-state index >= 15 is 0 Å². The van der Waals surface area contributed by atoms with Crippen molar-refractivity contribution in [2.75, 3.05) is 13.7 Å². The topological polar surface area (TPSA) is 81.8 Å². The largest absolute Gasteiger partial charge is 0.508 e. The number of methoxy groups -OCH3 is 1. The molecule has 1 heterocycles. The molecule has 3 rings (SSSR count). The molecule has 0 bridgehead atoms. The molecule has 0 fully saturated rings. The first-order chi connectivity index (χ1) is 14.9. The van der Waals surface area contributed by atoms with Gasteiger partial charge in [-0.3, -0.25) is 4.79 Å². The van der Waals surface area contributed by atoms with E-state index in [9.17, 15) is 9.90 Å². The lowest BCUT2D eigenvalue weighted by Gasteiger charge is -2.10. The fourth-order valence-electron chi connectivity index (χ4n) is 3.36. The molecular weight excluding hydrogens is 394 g/mol. The van der Waals surface area contributed by atoms with Gasteiger partial charge in [0.05, 0.1) is 19.4 Å². The van der Waals surface area contributed by atoms with Crippen molar-refractivity contribution in [3.63, 3.8) is 0 Å². The van der Waals surface area contributed by atoms with E-state index in [0.29, 0.717) is 31.8 Å². The van der Waals surface area contributed by atoms with Crippen LogP contribution in [0, 0.1) is 6.92 Å². The van der Waals surface area contributed by atoms with Gasteiger partial charge < -0.3 is 19.0 Å². The van der Waals surface area contributed by atoms with E-state index < -0.39 is 0 Å². The lowest BCUT2D eigenvalue weighted by atomic mass is 10.0. The number of aromatic hydroxyl groups is 1. The fourth-order valence-corrected chi connectivity index (χ4v) is 3.36. The highest BCUT2D eigenvalue weighted by Gasteiger charge is 2.17. The van der Waals surface area contributed by atoms with Crippen molar-refractivity contribution in [2.45, 2.75) is 46.0 Å². The third kappa shape index (κ3) is 5.87. The van der Waals surface area contributed by atoms with E-state index in [4.69, 9.17) is 13.9 Å². The number of hydrogen-bond donors (Lipinski definition) is 1. The summed E-state index contributed by atoms with van der Waals surface area (Å²) >= 11 is 0. The third-order valence-corrected chi connectivity index (χ3v) is 5.13. The van der Waals surface area contributed by atoms with Gasteiger partial charge in [0.15, 0.2) is 0 Å². The molecular formula is C25H29NO5. The predicted octanol–water partition coefficient (Wildman–Crippen LogP) is 5.21. The molecule has 0 atom stereocenters. The molecule has 2 aromatic carbocycles. The van der Waals surface area contributed by atoms with E-state index in [-0.39, 0.29) is 17.6 Å². The normalized spacial score (nSPS) is 11.0. The molecule has 31 heavy (non-hydrogen) atoms. The van der Waals surface area contributed by atoms with Crippen LogP contribution in [0.15, 0.2) is 46.9 Å². The summed E-state index contributed by atoms with van der Waals surface area (Å²) < 4.78 is 16.7. The standard InChI is InChI=1S/C25H29NO5/c1-16(2)24-22(31-25(26-24)19-5-9-20(27)10-6-19)13-14-30-21-11-7-18(17(3)15-21)8-12-23(28)29-4/h5-7,9-11,15-16,27H,8,12-14H2,1-4H3. The van der Waals surface area contributed by atoms with E-state index in [2.05, 4.69) is 18.8 Å². The minimum absolute atomic E-state index is 0.208. The Kier molecular flexibility index (Phi) is 7.34. The molecule has 0 aliphatic rings. The average molecular weight is 424 g/mol. The van der Waals surface area contributed by atoms with Crippen LogP contribution in [0.4, 0.5) is 0 Å². The van der Waals surface area contributed by atoms with Crippen molar-refractivity contribution in [1.82, 2.24) is 4.98 Å². The SMILES string of the molecule is COC(=O)CCc1ccc(OCCc2oc(-c3ccc(O)cc3)nc2C(C)C)cc1C. The molecule has 0 aliphatic carbocycles. The van der Waals surface area contributed by atoms with Gasteiger partial charge in [0.25, 0.3) is 0 Å². The summed E-state index contributed by atoms with van der Waals surface area (Å²) in [6.45, 7) is 6.64. The van der Waals surface area contributed by atoms with Crippen molar-refractivity contribution in [2.24, 2.45) is 0 Å². The second kappa shape index (κ2) is 10.2. The number of rotatable bonds is 9. The Bertz CT molecular complexity index is 1020. The van der Waals surface area contributed by atoms with Gasteiger partial charge in [-0.1, -0.05) is 19.9 Å². The van der Waals surface area contributed by atoms with Gasteiger partial charge in [-0.05, 0) is 66.8 Å². The highest BCUT2D eigenvalue weighted by atomic mass is 16.5. The summed E-state index contributed by atoms with van der Waals surface area (Å²) in [5, 5.41) is 9.49. The quantitative estimate of drug-likeness (QED) is 0.476. The number of phenols is 1. The van der Waals surface area contributed by atoms with Gasteiger partial charge in [0.1, 0.15) is 17.3 Å². The number of carbonyl (C=O) groups excluding carboxylic acids is 1. The second-order valence-corrected chi connectivity index (χ2v) is 7.79. The first kappa shape index (κ1) is 22.4. The van der Waals surface area contributed by atoms with Crippen LogP contribution in [-0.2, 0) is 22.4 Å². The molecule has 164 valence electrons. The van der Waals surface area contributed by atoms with Gasteiger partial charge in [0.2, 0.25) is 5.89 Å². The first-order valence-electron chi connectivity index (χ1n) is 10.5. The molecule has 0 saturated heterocycles. The van der Waals surface area contributed by atoms with Crippen LogP contribution >= 0.6 is 0 Å². The summed E-state index contributed by atoms with van der Waals surface area (Å²) in [7, 11) is 1.40. The molecule has 0 saturated carbocycles. The van der Waals surface area contributed by atoms with E-state index in [1.807, 2.05) is 25.1 Å². The van der Waals surface area contributed by atoms with Crippen LogP contribution < -0.4 is 4.74 Å². The molecule has 1 N–H and O–H groups in total. The van der Waals surface area contributed by atoms with Crippen LogP contribution in [0.25, 0.3) is 11.5 Å². The molecule has 0 unspecified atom stereocenters. The number of oxazole rings is 1. The number of ether oxygens (including phenoxy) is 2. The van der Waals surface area contributed by atoms with Gasteiger partial charge in [-0.25, -0.2) is 4.98 Å². The van der Waals surface area contributed by atoms with Crippen LogP contribution in [0.2, 0.25) is 0 Å². The van der Waals surface area contributed by atoms with Crippen molar-refractivity contribution < 1.29 is 23.8 Å². The minimum atomic E-state index is -0.209. The number of hydrogen-bond acceptors (Lipinski definition) is 6. The maximum Gasteiger partial charge on any atom is 0.305 e. The summed E-state index contributed by atoms with van der Waals surface area (Å²) in [6.07, 6.45) is 1.61. The van der Waals surface area contributed by atoms with E-state index in [1.165, 1.54) is 7.11 Å². The molecule has 0 amide bonds. The fraction of sp³-hybridized carbons (Fsp3) is 0.360. The lowest BCUT2D eigenvalue weighted by Crippen LogP contribution is -2.05. The lowest BCUT2D eigenvalue weighted by molar-refractivity contribution is -0.140. The average Bonchev–Trinajstić information content (AvgIpc) is 3.18. The maximum absolute atomic E-state index is 11.3. The highest BCUT2D eigenvalue weighted by molar-refractivity contribution is 5.69. The third-order valence-electron chi connectivity index (χ3n) is 5.13. The molecule has 0 aliphatic heterocycles. The van der Waals surface area contributed by atoms with Crippen LogP contribution in [0.3, 0.4) is 0 Å². The Morgan fingerprint density at radius 1 is 1.13 bits per heavy atom. The van der Waals surface area contributed by atoms with Crippen LogP contribution in [-0.4, -0.2) is 29.8 Å². The van der Waals surface area contributed by atoms with Gasteiger partial charge in [-0.2, -0.15) is 0 Å². The number of phenolic OH excluding ortho intramolecular Hbond substituents is 1. The Hall–Kier alpha value is -3.28. The minimum Gasteiger partial charge on any atom is -0.508 e. The van der Waals surface area contributed by atoms with Gasteiger partial charge in [-0.15, -0.1) is 0 Å². The Morgan fingerprint density at radius 2 is 1.87 bits per heavy atom. The predicted molar refractivity (Wildman–Crippen MR) is 118 cm³/mol. The zero-order valence-corrected chi connectivity index (χ0v) is 18.5. The molecule has 1 aromatic heterocycles. The highest BCUT2D eigenvalue weighted by Crippen LogP contribution is 2.28. The number of benzene rings is 2. The Labute approximate surface area is 182 Å². The summed E-state index contributed by atoms with van der Waals surface area (Å²) in [5.74, 6) is 2.36. The summed E-state index contributed by atoms with van der Waals surface area (Å²) in [4.78, 5) is 16.0. The van der Waals surface area contributed by atoms with Crippen molar-refractivity contribution >= 4 is 5.97 Å². The number of aromatic nitrogens is 1. The molecule has 0 spiro atoms. The Morgan fingerprint density at radius 3 is 2.52 bits per heavy atom. The summed E-state index contributed by atoms with van der Waals surface area (Å²) in [6, 6.07) is 12.7. The zero-order valence-electron chi connectivity index (χ0n) is 18.5. The monoisotopic (exact) mass is 423 g/mol. The Balaban J connectivity index is 1.64. The maximum atomic E-state index is 11.3. The van der Waals surface area contributed by atoms with Gasteiger partial charge in [0, 0.05) is 18.4 Å². The van der Waals surface area contributed by atoms with Crippen LogP contribution in [0.5, 0.6) is 11.5 Å².